The number of thioether (sulfide) groups is 1. The van der Waals surface area contributed by atoms with Crippen LogP contribution in [-0.2, 0) is 14.3 Å². The Morgan fingerprint density at radius 1 is 0.882 bits per heavy atom. The molecule has 0 saturated carbocycles. The fourth-order valence-electron chi connectivity index (χ4n) is 3.56. The van der Waals surface area contributed by atoms with E-state index in [1.807, 2.05) is 63.2 Å². The van der Waals surface area contributed by atoms with Crippen molar-refractivity contribution in [3.05, 3.63) is 99.6 Å². The zero-order chi connectivity index (χ0) is 24.4. The summed E-state index contributed by atoms with van der Waals surface area (Å²) < 4.78 is 4.73. The Balaban J connectivity index is 1.74. The molecule has 1 aliphatic rings. The molecule has 0 unspecified atom stereocenters. The Kier molecular flexibility index (Phi) is 6.56. The van der Waals surface area contributed by atoms with Crippen molar-refractivity contribution in [1.29, 1.82) is 0 Å². The van der Waals surface area contributed by atoms with Gasteiger partial charge in [0.25, 0.3) is 11.8 Å². The number of hydrogen-bond donors (Lipinski definition) is 1. The van der Waals surface area contributed by atoms with Crippen molar-refractivity contribution in [2.45, 2.75) is 25.7 Å². The van der Waals surface area contributed by atoms with Gasteiger partial charge in [-0.1, -0.05) is 41.6 Å². The molecule has 0 aromatic heterocycles. The summed E-state index contributed by atoms with van der Waals surface area (Å²) in [5.41, 5.74) is 4.88. The highest BCUT2D eigenvalue weighted by molar-refractivity contribution is 8.04. The molecular weight excluding hydrogens is 448 g/mol. The molecule has 172 valence electrons. The van der Waals surface area contributed by atoms with E-state index >= 15 is 0 Å². The quantitative estimate of drug-likeness (QED) is 0.383. The zero-order valence-corrected chi connectivity index (χ0v) is 20.2. The van der Waals surface area contributed by atoms with Crippen LogP contribution in [0.2, 0.25) is 0 Å². The molecule has 0 radical (unpaired) electrons. The molecular formula is C27H24N2O4S. The van der Waals surface area contributed by atoms with Crippen molar-refractivity contribution in [2.75, 3.05) is 17.3 Å². The molecule has 4 rings (SSSR count). The Hall–Kier alpha value is -3.84. The van der Waals surface area contributed by atoms with Crippen molar-refractivity contribution < 1.29 is 19.1 Å². The van der Waals surface area contributed by atoms with E-state index in [4.69, 9.17) is 4.74 Å². The van der Waals surface area contributed by atoms with Gasteiger partial charge in [0.15, 0.2) is 0 Å². The van der Waals surface area contributed by atoms with Crippen LogP contribution in [0.5, 0.6) is 0 Å². The van der Waals surface area contributed by atoms with E-state index in [1.54, 1.807) is 12.1 Å². The van der Waals surface area contributed by atoms with Crippen LogP contribution in [-0.4, -0.2) is 24.9 Å². The van der Waals surface area contributed by atoms with Crippen LogP contribution in [0.1, 0.15) is 27.0 Å². The number of rotatable bonds is 6. The van der Waals surface area contributed by atoms with Crippen LogP contribution in [0.4, 0.5) is 11.4 Å². The number of carbonyl (C=O) groups excluding carboxylic acids is 3. The lowest BCUT2D eigenvalue weighted by Crippen LogP contribution is -2.32. The van der Waals surface area contributed by atoms with Crippen molar-refractivity contribution in [3.8, 4) is 0 Å². The summed E-state index contributed by atoms with van der Waals surface area (Å²) in [4.78, 5) is 41.1. The van der Waals surface area contributed by atoms with Gasteiger partial charge < -0.3 is 10.1 Å². The Labute approximate surface area is 202 Å². The predicted octanol–water partition coefficient (Wildman–Crippen LogP) is 5.39. The van der Waals surface area contributed by atoms with Crippen LogP contribution in [0.3, 0.4) is 0 Å². The fraction of sp³-hybridized carbons (Fsp3) is 0.148. The van der Waals surface area contributed by atoms with Gasteiger partial charge in [0.05, 0.1) is 18.4 Å². The minimum absolute atomic E-state index is 0.223. The maximum Gasteiger partial charge on any atom is 0.337 e. The van der Waals surface area contributed by atoms with Gasteiger partial charge in [-0.25, -0.2) is 9.69 Å². The molecule has 0 saturated heterocycles. The monoisotopic (exact) mass is 472 g/mol. The van der Waals surface area contributed by atoms with Gasteiger partial charge in [0.2, 0.25) is 0 Å². The van der Waals surface area contributed by atoms with E-state index in [0.29, 0.717) is 16.2 Å². The van der Waals surface area contributed by atoms with E-state index in [-0.39, 0.29) is 5.70 Å². The number of anilines is 2. The second-order valence-electron chi connectivity index (χ2n) is 7.98. The zero-order valence-electron chi connectivity index (χ0n) is 19.3. The second-order valence-corrected chi connectivity index (χ2v) is 9.06. The molecule has 7 heteroatoms. The lowest BCUT2D eigenvalue weighted by molar-refractivity contribution is -0.120. The molecule has 3 aromatic carbocycles. The third kappa shape index (κ3) is 4.47. The van der Waals surface area contributed by atoms with Gasteiger partial charge in [0, 0.05) is 10.6 Å². The van der Waals surface area contributed by atoms with E-state index in [2.05, 4.69) is 5.32 Å². The van der Waals surface area contributed by atoms with Gasteiger partial charge in [-0.3, -0.25) is 9.59 Å². The standard InChI is InChI=1S/C27H24N2O4S/c1-16-8-14-21(15-9-16)34-24-23(28-22-7-5-6-17(2)18(22)3)25(30)29(26(24)31)20-12-10-19(11-13-20)27(32)33-4/h5-15,28H,1-4H3. The topological polar surface area (TPSA) is 75.7 Å². The SMILES string of the molecule is COC(=O)c1ccc(N2C(=O)C(Nc3cccc(C)c3C)=C(Sc3ccc(C)cc3)C2=O)cc1. The third-order valence-electron chi connectivity index (χ3n) is 5.69. The maximum absolute atomic E-state index is 13.5. The van der Waals surface area contributed by atoms with E-state index in [9.17, 15) is 14.4 Å². The Morgan fingerprint density at radius 2 is 1.56 bits per heavy atom. The average Bonchev–Trinajstić information content (AvgIpc) is 3.06. The molecule has 34 heavy (non-hydrogen) atoms. The second kappa shape index (κ2) is 9.57. The minimum atomic E-state index is -0.489. The first-order chi connectivity index (χ1) is 16.3. The Bertz CT molecular complexity index is 1310. The molecule has 0 bridgehead atoms. The number of amides is 2. The van der Waals surface area contributed by atoms with Gasteiger partial charge in [-0.05, 0) is 74.4 Å². The van der Waals surface area contributed by atoms with E-state index in [1.165, 1.54) is 31.0 Å². The molecule has 0 atom stereocenters. The van der Waals surface area contributed by atoms with Crippen LogP contribution >= 0.6 is 11.8 Å². The number of aryl methyl sites for hydroxylation is 2. The van der Waals surface area contributed by atoms with Crippen LogP contribution in [0.15, 0.2) is 82.2 Å². The molecule has 1 aliphatic heterocycles. The number of imide groups is 1. The first-order valence-electron chi connectivity index (χ1n) is 10.7. The van der Waals surface area contributed by atoms with Crippen molar-refractivity contribution in [1.82, 2.24) is 0 Å². The normalized spacial score (nSPS) is 13.5. The van der Waals surface area contributed by atoms with Crippen LogP contribution < -0.4 is 10.2 Å². The number of ether oxygens (including phenoxy) is 1. The smallest absolute Gasteiger partial charge is 0.337 e. The largest absolute Gasteiger partial charge is 0.465 e. The van der Waals surface area contributed by atoms with Gasteiger partial charge in [0.1, 0.15) is 10.6 Å². The number of nitrogens with one attached hydrogen (secondary N) is 1. The lowest BCUT2D eigenvalue weighted by Gasteiger charge is -2.16. The van der Waals surface area contributed by atoms with Crippen molar-refractivity contribution in [2.24, 2.45) is 0 Å². The van der Waals surface area contributed by atoms with Crippen LogP contribution in [0, 0.1) is 20.8 Å². The van der Waals surface area contributed by atoms with Gasteiger partial charge in [-0.2, -0.15) is 0 Å². The Morgan fingerprint density at radius 3 is 2.21 bits per heavy atom. The van der Waals surface area contributed by atoms with Gasteiger partial charge in [-0.15, -0.1) is 0 Å². The molecule has 0 spiro atoms. The molecule has 3 aromatic rings. The summed E-state index contributed by atoms with van der Waals surface area (Å²) in [6.45, 7) is 5.95. The molecule has 1 N–H and O–H groups in total. The number of nitrogens with zero attached hydrogens (tertiary/aromatic N) is 1. The summed E-state index contributed by atoms with van der Waals surface area (Å²) in [7, 11) is 1.30. The van der Waals surface area contributed by atoms with E-state index < -0.39 is 17.8 Å². The molecule has 0 aliphatic carbocycles. The van der Waals surface area contributed by atoms with Crippen molar-refractivity contribution in [3.63, 3.8) is 0 Å². The fourth-order valence-corrected chi connectivity index (χ4v) is 4.49. The predicted molar refractivity (Wildman–Crippen MR) is 134 cm³/mol. The highest BCUT2D eigenvalue weighted by Gasteiger charge is 2.40. The molecule has 6 nitrogen and oxygen atoms in total. The number of hydrogen-bond acceptors (Lipinski definition) is 6. The third-order valence-corrected chi connectivity index (χ3v) is 6.78. The number of methoxy groups -OCH3 is 1. The van der Waals surface area contributed by atoms with Crippen LogP contribution in [0.25, 0.3) is 0 Å². The van der Waals surface area contributed by atoms with Gasteiger partial charge >= 0.3 is 5.97 Å². The maximum atomic E-state index is 13.5. The lowest BCUT2D eigenvalue weighted by atomic mass is 10.1. The number of esters is 1. The molecule has 0 fully saturated rings. The molecule has 1 heterocycles. The molecule has 2 amide bonds. The number of benzene rings is 3. The minimum Gasteiger partial charge on any atom is -0.465 e. The summed E-state index contributed by atoms with van der Waals surface area (Å²) in [5.74, 6) is -1.36. The summed E-state index contributed by atoms with van der Waals surface area (Å²) in [6.07, 6.45) is 0. The summed E-state index contributed by atoms with van der Waals surface area (Å²) in [6, 6.07) is 19.8. The highest BCUT2D eigenvalue weighted by Crippen LogP contribution is 2.38. The highest BCUT2D eigenvalue weighted by atomic mass is 32.2. The number of carbonyl (C=O) groups is 3. The summed E-state index contributed by atoms with van der Waals surface area (Å²) in [5, 5.41) is 3.22. The summed E-state index contributed by atoms with van der Waals surface area (Å²) >= 11 is 1.25. The first kappa shape index (κ1) is 23.3. The average molecular weight is 473 g/mol. The van der Waals surface area contributed by atoms with Crippen molar-refractivity contribution >= 4 is 40.9 Å². The first-order valence-corrected chi connectivity index (χ1v) is 11.5. The van der Waals surface area contributed by atoms with E-state index in [0.717, 1.165) is 32.2 Å².